The molecule has 7 heteroatoms. The van der Waals surface area contributed by atoms with Crippen LogP contribution in [0.3, 0.4) is 0 Å². The highest BCUT2D eigenvalue weighted by atomic mass is 19.4. The van der Waals surface area contributed by atoms with Crippen LogP contribution < -0.4 is 11.3 Å². The van der Waals surface area contributed by atoms with E-state index in [2.05, 4.69) is 4.98 Å². The van der Waals surface area contributed by atoms with E-state index in [1.54, 1.807) is 0 Å². The van der Waals surface area contributed by atoms with Crippen molar-refractivity contribution in [3.05, 3.63) is 22.2 Å². The maximum Gasteiger partial charge on any atom is 0.434 e. The minimum Gasteiger partial charge on any atom is -0.379 e. The molecule has 0 fully saturated rings. The van der Waals surface area contributed by atoms with Crippen LogP contribution in [0.15, 0.2) is 11.0 Å². The summed E-state index contributed by atoms with van der Waals surface area (Å²) in [5, 5.41) is 0. The number of nitrogens with one attached hydrogen (secondary N) is 1. The van der Waals surface area contributed by atoms with Gasteiger partial charge in [0.1, 0.15) is 0 Å². The molecule has 0 saturated carbocycles. The molecule has 0 unspecified atom stereocenters. The standard InChI is InChI=1S/C5H4F3N3O/c6-5(7,8)2-1-10-4(12)3(9)11-2/h1H,(H2,9,11)(H,10,12). The van der Waals surface area contributed by atoms with Crippen LogP contribution in [-0.4, -0.2) is 9.97 Å². The van der Waals surface area contributed by atoms with Crippen LogP contribution in [0.5, 0.6) is 0 Å². The molecule has 1 aromatic heterocycles. The molecule has 0 aliphatic heterocycles. The fourth-order valence-corrected chi connectivity index (χ4v) is 0.566. The monoisotopic (exact) mass is 179 g/mol. The summed E-state index contributed by atoms with van der Waals surface area (Å²) in [5.41, 5.74) is 2.82. The van der Waals surface area contributed by atoms with E-state index in [1.165, 1.54) is 0 Å². The normalized spacial score (nSPS) is 11.6. The van der Waals surface area contributed by atoms with E-state index in [9.17, 15) is 18.0 Å². The second-order valence-electron chi connectivity index (χ2n) is 2.00. The molecule has 0 aliphatic rings. The van der Waals surface area contributed by atoms with Crippen LogP contribution >= 0.6 is 0 Å². The van der Waals surface area contributed by atoms with Crippen molar-refractivity contribution >= 4 is 5.82 Å². The third kappa shape index (κ3) is 1.55. The summed E-state index contributed by atoms with van der Waals surface area (Å²) >= 11 is 0. The van der Waals surface area contributed by atoms with Gasteiger partial charge in [-0.3, -0.25) is 4.79 Å². The first kappa shape index (κ1) is 8.57. The number of nitrogens with zero attached hydrogens (tertiary/aromatic N) is 1. The predicted molar refractivity (Wildman–Crippen MR) is 34.3 cm³/mol. The quantitative estimate of drug-likeness (QED) is 0.604. The van der Waals surface area contributed by atoms with Crippen molar-refractivity contribution in [3.63, 3.8) is 0 Å². The molecule has 0 saturated heterocycles. The highest BCUT2D eigenvalue weighted by Gasteiger charge is 2.33. The van der Waals surface area contributed by atoms with Crippen LogP contribution in [0.2, 0.25) is 0 Å². The molecule has 3 N–H and O–H groups in total. The van der Waals surface area contributed by atoms with E-state index < -0.39 is 23.2 Å². The zero-order valence-corrected chi connectivity index (χ0v) is 5.64. The molecular weight excluding hydrogens is 175 g/mol. The Balaban J connectivity index is 3.23. The zero-order valence-electron chi connectivity index (χ0n) is 5.64. The van der Waals surface area contributed by atoms with Gasteiger partial charge in [0.05, 0.1) is 0 Å². The maximum atomic E-state index is 11.9. The lowest BCUT2D eigenvalue weighted by Crippen LogP contribution is -2.18. The molecule has 1 rings (SSSR count). The van der Waals surface area contributed by atoms with E-state index in [1.807, 2.05) is 4.98 Å². The van der Waals surface area contributed by atoms with Gasteiger partial charge in [-0.25, -0.2) is 4.98 Å². The van der Waals surface area contributed by atoms with Crippen molar-refractivity contribution in [1.29, 1.82) is 0 Å². The first-order valence-corrected chi connectivity index (χ1v) is 2.83. The van der Waals surface area contributed by atoms with Crippen molar-refractivity contribution in [3.8, 4) is 0 Å². The van der Waals surface area contributed by atoms with Gasteiger partial charge in [-0.05, 0) is 0 Å². The van der Waals surface area contributed by atoms with Crippen molar-refractivity contribution in [2.24, 2.45) is 0 Å². The fourth-order valence-electron chi connectivity index (χ4n) is 0.566. The molecule has 0 aliphatic carbocycles. The Morgan fingerprint density at radius 3 is 2.50 bits per heavy atom. The summed E-state index contributed by atoms with van der Waals surface area (Å²) in [5.74, 6) is -0.690. The molecule has 66 valence electrons. The number of anilines is 1. The lowest BCUT2D eigenvalue weighted by Gasteiger charge is -2.03. The summed E-state index contributed by atoms with van der Waals surface area (Å²) in [7, 11) is 0. The average Bonchev–Trinajstić information content (AvgIpc) is 1.92. The molecule has 0 amide bonds. The largest absolute Gasteiger partial charge is 0.434 e. The summed E-state index contributed by atoms with van der Waals surface area (Å²) < 4.78 is 35.6. The average molecular weight is 179 g/mol. The fraction of sp³-hybridized carbons (Fsp3) is 0.200. The Morgan fingerprint density at radius 2 is 2.08 bits per heavy atom. The second-order valence-corrected chi connectivity index (χ2v) is 2.00. The number of alkyl halides is 3. The van der Waals surface area contributed by atoms with Gasteiger partial charge in [-0.15, -0.1) is 0 Å². The molecule has 12 heavy (non-hydrogen) atoms. The summed E-state index contributed by atoms with van der Waals surface area (Å²) in [6, 6.07) is 0. The molecule has 0 aromatic carbocycles. The van der Waals surface area contributed by atoms with Crippen molar-refractivity contribution in [1.82, 2.24) is 9.97 Å². The van der Waals surface area contributed by atoms with Gasteiger partial charge in [0.15, 0.2) is 11.5 Å². The predicted octanol–water partition coefficient (Wildman–Crippen LogP) is 0.371. The van der Waals surface area contributed by atoms with Crippen LogP contribution in [0.4, 0.5) is 19.0 Å². The lowest BCUT2D eigenvalue weighted by molar-refractivity contribution is -0.141. The number of H-pyrrole nitrogens is 1. The maximum absolute atomic E-state index is 11.9. The van der Waals surface area contributed by atoms with Gasteiger partial charge in [-0.2, -0.15) is 13.2 Å². The highest BCUT2D eigenvalue weighted by Crippen LogP contribution is 2.26. The zero-order chi connectivity index (χ0) is 9.35. The number of halogens is 3. The lowest BCUT2D eigenvalue weighted by atomic mass is 10.4. The molecule has 0 bridgehead atoms. The topological polar surface area (TPSA) is 71.8 Å². The number of nitrogen functional groups attached to an aromatic ring is 1. The Kier molecular flexibility index (Phi) is 1.79. The molecule has 1 heterocycles. The van der Waals surface area contributed by atoms with Crippen LogP contribution in [0.1, 0.15) is 5.69 Å². The van der Waals surface area contributed by atoms with Gasteiger partial charge in [-0.1, -0.05) is 0 Å². The molecular formula is C5H4F3N3O. The minimum atomic E-state index is -4.58. The van der Waals surface area contributed by atoms with E-state index in [4.69, 9.17) is 5.73 Å². The van der Waals surface area contributed by atoms with Gasteiger partial charge < -0.3 is 10.7 Å². The number of hydrogen-bond donors (Lipinski definition) is 2. The number of rotatable bonds is 0. The third-order valence-electron chi connectivity index (χ3n) is 1.10. The second kappa shape index (κ2) is 2.50. The van der Waals surface area contributed by atoms with E-state index in [-0.39, 0.29) is 0 Å². The van der Waals surface area contributed by atoms with Crippen molar-refractivity contribution in [2.45, 2.75) is 6.18 Å². The molecule has 1 aromatic rings. The Morgan fingerprint density at radius 1 is 1.50 bits per heavy atom. The number of nitrogens with two attached hydrogens (primary N) is 1. The minimum absolute atomic E-state index is 0.471. The summed E-state index contributed by atoms with van der Waals surface area (Å²) in [4.78, 5) is 15.2. The summed E-state index contributed by atoms with van der Waals surface area (Å²) in [6.07, 6.45) is -4.11. The molecule has 0 atom stereocenters. The van der Waals surface area contributed by atoms with Gasteiger partial charge in [0.2, 0.25) is 0 Å². The Labute approximate surface area is 64.2 Å². The van der Waals surface area contributed by atoms with E-state index in [0.717, 1.165) is 0 Å². The van der Waals surface area contributed by atoms with E-state index >= 15 is 0 Å². The smallest absolute Gasteiger partial charge is 0.379 e. The highest BCUT2D eigenvalue weighted by molar-refractivity contribution is 5.24. The van der Waals surface area contributed by atoms with Gasteiger partial charge in [0.25, 0.3) is 5.56 Å². The number of aromatic nitrogens is 2. The van der Waals surface area contributed by atoms with Gasteiger partial charge in [0, 0.05) is 6.20 Å². The van der Waals surface area contributed by atoms with Crippen LogP contribution in [-0.2, 0) is 6.18 Å². The molecule has 0 spiro atoms. The third-order valence-corrected chi connectivity index (χ3v) is 1.10. The molecule has 0 radical (unpaired) electrons. The van der Waals surface area contributed by atoms with Gasteiger partial charge >= 0.3 is 6.18 Å². The first-order valence-electron chi connectivity index (χ1n) is 2.83. The molecule has 4 nitrogen and oxygen atoms in total. The SMILES string of the molecule is Nc1nc(C(F)(F)F)c[nH]c1=O. The summed E-state index contributed by atoms with van der Waals surface area (Å²) in [6.45, 7) is 0. The Hall–Kier alpha value is -1.53. The Bertz CT molecular complexity index is 343. The number of aromatic amines is 1. The van der Waals surface area contributed by atoms with Crippen molar-refractivity contribution in [2.75, 3.05) is 5.73 Å². The number of hydrogen-bond acceptors (Lipinski definition) is 3. The van der Waals surface area contributed by atoms with Crippen LogP contribution in [0.25, 0.3) is 0 Å². The van der Waals surface area contributed by atoms with Crippen LogP contribution in [0, 0.1) is 0 Å². The first-order chi connectivity index (χ1) is 5.41. The van der Waals surface area contributed by atoms with Crippen molar-refractivity contribution < 1.29 is 13.2 Å². The van der Waals surface area contributed by atoms with E-state index in [0.29, 0.717) is 6.20 Å².